The van der Waals surface area contributed by atoms with Gasteiger partial charge in [-0.05, 0) is 37.1 Å². The van der Waals surface area contributed by atoms with E-state index in [9.17, 15) is 9.59 Å². The summed E-state index contributed by atoms with van der Waals surface area (Å²) in [6, 6.07) is 7.52. The second kappa shape index (κ2) is 10.6. The molecule has 6 heteroatoms. The zero-order chi connectivity index (χ0) is 17.1. The van der Waals surface area contributed by atoms with Crippen molar-refractivity contribution in [1.82, 2.24) is 10.8 Å². The molecular formula is C17H27N3O3. The van der Waals surface area contributed by atoms with Crippen LogP contribution in [0.2, 0.25) is 0 Å². The van der Waals surface area contributed by atoms with E-state index in [2.05, 4.69) is 5.32 Å². The number of hydroxylamine groups is 1. The Morgan fingerprint density at radius 3 is 2.22 bits per heavy atom. The second-order valence-corrected chi connectivity index (χ2v) is 5.75. The molecule has 0 saturated heterocycles. The molecule has 0 fully saturated rings. The molecule has 0 heterocycles. The van der Waals surface area contributed by atoms with Gasteiger partial charge < -0.3 is 10.2 Å². The summed E-state index contributed by atoms with van der Waals surface area (Å²) < 4.78 is 0. The summed E-state index contributed by atoms with van der Waals surface area (Å²) in [6.45, 7) is 0.658. The number of benzene rings is 1. The third-order valence-electron chi connectivity index (χ3n) is 3.64. The average Bonchev–Trinajstić information content (AvgIpc) is 2.56. The SMILES string of the molecule is CN(C)c1ccc(C(=O)NCCCCCCCC(=O)NO)cc1. The minimum Gasteiger partial charge on any atom is -0.378 e. The third kappa shape index (κ3) is 7.65. The van der Waals surface area contributed by atoms with Crippen LogP contribution < -0.4 is 15.7 Å². The van der Waals surface area contributed by atoms with Gasteiger partial charge in [0.05, 0.1) is 0 Å². The fourth-order valence-electron chi connectivity index (χ4n) is 2.21. The van der Waals surface area contributed by atoms with Crippen LogP contribution in [-0.4, -0.2) is 37.7 Å². The van der Waals surface area contributed by atoms with E-state index in [1.165, 1.54) is 0 Å². The van der Waals surface area contributed by atoms with Gasteiger partial charge in [-0.3, -0.25) is 14.8 Å². The zero-order valence-electron chi connectivity index (χ0n) is 14.0. The van der Waals surface area contributed by atoms with Gasteiger partial charge >= 0.3 is 0 Å². The van der Waals surface area contributed by atoms with Crippen LogP contribution in [0.25, 0.3) is 0 Å². The van der Waals surface area contributed by atoms with Gasteiger partial charge in [-0.25, -0.2) is 5.48 Å². The molecule has 6 nitrogen and oxygen atoms in total. The molecule has 0 bridgehead atoms. The van der Waals surface area contributed by atoms with Gasteiger partial charge in [0.1, 0.15) is 0 Å². The van der Waals surface area contributed by atoms with Crippen LogP contribution in [0.5, 0.6) is 0 Å². The van der Waals surface area contributed by atoms with Crippen molar-refractivity contribution in [3.63, 3.8) is 0 Å². The Kier molecular flexibility index (Phi) is 8.75. The van der Waals surface area contributed by atoms with E-state index in [-0.39, 0.29) is 11.8 Å². The van der Waals surface area contributed by atoms with Gasteiger partial charge in [-0.1, -0.05) is 19.3 Å². The normalized spacial score (nSPS) is 10.2. The molecular weight excluding hydrogens is 294 g/mol. The Morgan fingerprint density at radius 2 is 1.61 bits per heavy atom. The molecule has 0 aliphatic rings. The summed E-state index contributed by atoms with van der Waals surface area (Å²) in [5.41, 5.74) is 3.36. The highest BCUT2D eigenvalue weighted by molar-refractivity contribution is 5.94. The summed E-state index contributed by atoms with van der Waals surface area (Å²) in [6.07, 6.45) is 5.04. The van der Waals surface area contributed by atoms with E-state index < -0.39 is 0 Å². The van der Waals surface area contributed by atoms with Crippen LogP contribution in [0, 0.1) is 0 Å². The molecule has 0 atom stereocenters. The van der Waals surface area contributed by atoms with Crippen LogP contribution in [-0.2, 0) is 4.79 Å². The number of nitrogens with zero attached hydrogens (tertiary/aromatic N) is 1. The summed E-state index contributed by atoms with van der Waals surface area (Å²) in [7, 11) is 3.93. The maximum Gasteiger partial charge on any atom is 0.251 e. The van der Waals surface area contributed by atoms with E-state index in [0.29, 0.717) is 18.5 Å². The first-order chi connectivity index (χ1) is 11.0. The second-order valence-electron chi connectivity index (χ2n) is 5.75. The maximum absolute atomic E-state index is 12.0. The van der Waals surface area contributed by atoms with Crippen molar-refractivity contribution in [2.75, 3.05) is 25.5 Å². The number of nitrogens with one attached hydrogen (secondary N) is 2. The number of unbranched alkanes of at least 4 members (excludes halogenated alkanes) is 4. The predicted octanol–water partition coefficient (Wildman–Crippen LogP) is 2.33. The molecule has 0 aromatic heterocycles. The van der Waals surface area contributed by atoms with Crippen molar-refractivity contribution in [3.8, 4) is 0 Å². The summed E-state index contributed by atoms with van der Waals surface area (Å²) in [5, 5.41) is 11.3. The Morgan fingerprint density at radius 1 is 1.00 bits per heavy atom. The number of hydrogen-bond acceptors (Lipinski definition) is 4. The van der Waals surface area contributed by atoms with E-state index in [1.807, 2.05) is 43.3 Å². The van der Waals surface area contributed by atoms with Gasteiger partial charge in [-0.15, -0.1) is 0 Å². The first-order valence-corrected chi connectivity index (χ1v) is 8.03. The Bertz CT molecular complexity index is 486. The number of rotatable bonds is 10. The van der Waals surface area contributed by atoms with Gasteiger partial charge in [-0.2, -0.15) is 0 Å². The third-order valence-corrected chi connectivity index (χ3v) is 3.64. The highest BCUT2D eigenvalue weighted by Gasteiger charge is 2.05. The highest BCUT2D eigenvalue weighted by Crippen LogP contribution is 2.12. The van der Waals surface area contributed by atoms with Gasteiger partial charge in [0.2, 0.25) is 5.91 Å². The van der Waals surface area contributed by atoms with Crippen LogP contribution >= 0.6 is 0 Å². The van der Waals surface area contributed by atoms with Crippen molar-refractivity contribution in [1.29, 1.82) is 0 Å². The van der Waals surface area contributed by atoms with Crippen molar-refractivity contribution < 1.29 is 14.8 Å². The molecule has 0 unspecified atom stereocenters. The summed E-state index contributed by atoms with van der Waals surface area (Å²) in [4.78, 5) is 24.8. The van der Waals surface area contributed by atoms with Gasteiger partial charge in [0.15, 0.2) is 0 Å². The lowest BCUT2D eigenvalue weighted by Gasteiger charge is -2.12. The van der Waals surface area contributed by atoms with Crippen LogP contribution in [0.15, 0.2) is 24.3 Å². The number of anilines is 1. The van der Waals surface area contributed by atoms with E-state index in [4.69, 9.17) is 5.21 Å². The molecule has 1 rings (SSSR count). The molecule has 0 aliphatic carbocycles. The number of amides is 2. The van der Waals surface area contributed by atoms with Crippen LogP contribution in [0.4, 0.5) is 5.69 Å². The molecule has 128 valence electrons. The standard InChI is InChI=1S/C17H27N3O3/c1-20(2)15-11-9-14(10-12-15)17(22)18-13-7-5-3-4-6-8-16(21)19-23/h9-12,23H,3-8,13H2,1-2H3,(H,18,22)(H,19,21). The lowest BCUT2D eigenvalue weighted by atomic mass is 10.1. The topological polar surface area (TPSA) is 81.7 Å². The first-order valence-electron chi connectivity index (χ1n) is 8.03. The summed E-state index contributed by atoms with van der Waals surface area (Å²) in [5.74, 6) is -0.382. The van der Waals surface area contributed by atoms with Crippen molar-refractivity contribution in [3.05, 3.63) is 29.8 Å². The lowest BCUT2D eigenvalue weighted by Crippen LogP contribution is -2.24. The predicted molar refractivity (Wildman–Crippen MR) is 90.7 cm³/mol. The van der Waals surface area contributed by atoms with E-state index in [1.54, 1.807) is 5.48 Å². The monoisotopic (exact) mass is 321 g/mol. The fraction of sp³-hybridized carbons (Fsp3) is 0.529. The molecule has 3 N–H and O–H groups in total. The quantitative estimate of drug-likeness (QED) is 0.351. The van der Waals surface area contributed by atoms with Crippen molar-refractivity contribution >= 4 is 17.5 Å². The summed E-state index contributed by atoms with van der Waals surface area (Å²) >= 11 is 0. The Labute approximate surface area is 137 Å². The number of carbonyl (C=O) groups excluding carboxylic acids is 2. The number of carbonyl (C=O) groups is 2. The van der Waals surface area contributed by atoms with Gasteiger partial charge in [0.25, 0.3) is 5.91 Å². The minimum absolute atomic E-state index is 0.0464. The maximum atomic E-state index is 12.0. The molecule has 0 aliphatic heterocycles. The Hall–Kier alpha value is -2.08. The molecule has 1 aromatic carbocycles. The van der Waals surface area contributed by atoms with Crippen molar-refractivity contribution in [2.24, 2.45) is 0 Å². The van der Waals surface area contributed by atoms with E-state index >= 15 is 0 Å². The van der Waals surface area contributed by atoms with Crippen molar-refractivity contribution in [2.45, 2.75) is 38.5 Å². The molecule has 0 radical (unpaired) electrons. The number of hydrogen-bond donors (Lipinski definition) is 3. The largest absolute Gasteiger partial charge is 0.378 e. The molecule has 0 spiro atoms. The minimum atomic E-state index is -0.336. The molecule has 0 saturated carbocycles. The lowest BCUT2D eigenvalue weighted by molar-refractivity contribution is -0.129. The molecule has 23 heavy (non-hydrogen) atoms. The Balaban J connectivity index is 2.11. The van der Waals surface area contributed by atoms with Gasteiger partial charge in [0, 0.05) is 38.3 Å². The fourth-order valence-corrected chi connectivity index (χ4v) is 2.21. The average molecular weight is 321 g/mol. The zero-order valence-corrected chi connectivity index (χ0v) is 14.0. The first kappa shape index (κ1) is 19.0. The highest BCUT2D eigenvalue weighted by atomic mass is 16.5. The van der Waals surface area contributed by atoms with Crippen LogP contribution in [0.1, 0.15) is 48.9 Å². The molecule has 1 aromatic rings. The molecule has 2 amide bonds. The smallest absolute Gasteiger partial charge is 0.251 e. The van der Waals surface area contributed by atoms with E-state index in [0.717, 1.165) is 37.8 Å². The van der Waals surface area contributed by atoms with Crippen LogP contribution in [0.3, 0.4) is 0 Å².